The molecule has 0 aliphatic heterocycles. The molecule has 0 aromatic rings. The summed E-state index contributed by atoms with van der Waals surface area (Å²) in [7, 11) is 0. The molecule has 1 rings (SSSR count). The fourth-order valence-corrected chi connectivity index (χ4v) is 1.65. The van der Waals surface area contributed by atoms with Crippen LogP contribution in [0.15, 0.2) is 5.16 Å². The maximum absolute atomic E-state index is 10.6. The minimum absolute atomic E-state index is 0.394. The molecular weight excluding hydrogens is 184 g/mol. The second-order valence-corrected chi connectivity index (χ2v) is 3.78. The first kappa shape index (κ1) is 11.0. The molecule has 0 amide bonds. The normalized spacial score (nSPS) is 30.3. The van der Waals surface area contributed by atoms with Crippen molar-refractivity contribution in [2.75, 3.05) is 0 Å². The summed E-state index contributed by atoms with van der Waals surface area (Å²) in [6.45, 7) is 3.19. The van der Waals surface area contributed by atoms with Crippen LogP contribution in [-0.4, -0.2) is 22.4 Å². The number of hydrogen-bond donors (Lipinski definition) is 2. The van der Waals surface area contributed by atoms with Crippen molar-refractivity contribution in [1.29, 1.82) is 0 Å². The third-order valence-corrected chi connectivity index (χ3v) is 2.52. The number of nitrogens with one attached hydrogen (secondary N) is 1. The molecule has 0 aromatic carbocycles. The van der Waals surface area contributed by atoms with Crippen LogP contribution < -0.4 is 5.48 Å². The zero-order valence-electron chi connectivity index (χ0n) is 8.54. The Morgan fingerprint density at radius 2 is 2.36 bits per heavy atom. The number of oxime groups is 1. The lowest BCUT2D eigenvalue weighted by atomic mass is 9.82. The number of hydroxylamine groups is 1. The highest BCUT2D eigenvalue weighted by Gasteiger charge is 2.34. The molecular formula is C9H16N2O3. The minimum Gasteiger partial charge on any atom is -0.411 e. The first-order valence-electron chi connectivity index (χ1n) is 4.74. The summed E-state index contributed by atoms with van der Waals surface area (Å²) in [6.07, 6.45) is 3.58. The van der Waals surface area contributed by atoms with Gasteiger partial charge in [0.1, 0.15) is 0 Å². The summed E-state index contributed by atoms with van der Waals surface area (Å²) < 4.78 is 0. The molecule has 0 radical (unpaired) electrons. The highest BCUT2D eigenvalue weighted by atomic mass is 16.7. The lowest BCUT2D eigenvalue weighted by molar-refractivity contribution is -0.151. The Balaban J connectivity index is 2.63. The third kappa shape index (κ3) is 2.45. The lowest BCUT2D eigenvalue weighted by Gasteiger charge is -2.33. The zero-order valence-corrected chi connectivity index (χ0v) is 8.54. The number of rotatable bonds is 2. The molecule has 1 fully saturated rings. The van der Waals surface area contributed by atoms with E-state index in [0.717, 1.165) is 25.7 Å². The van der Waals surface area contributed by atoms with E-state index >= 15 is 0 Å². The number of carbonyl (C=O) groups excluding carboxylic acids is 1. The van der Waals surface area contributed by atoms with Gasteiger partial charge in [0, 0.05) is 6.92 Å². The third-order valence-electron chi connectivity index (χ3n) is 2.52. The summed E-state index contributed by atoms with van der Waals surface area (Å²) in [4.78, 5) is 15.4. The van der Waals surface area contributed by atoms with Crippen molar-refractivity contribution in [2.24, 2.45) is 5.16 Å². The molecule has 0 bridgehead atoms. The Labute approximate surface area is 83.1 Å². The van der Waals surface area contributed by atoms with Crippen molar-refractivity contribution < 1.29 is 14.8 Å². The highest BCUT2D eigenvalue weighted by Crippen LogP contribution is 2.25. The Kier molecular flexibility index (Phi) is 3.46. The Bertz CT molecular complexity index is 252. The molecule has 5 nitrogen and oxygen atoms in total. The summed E-state index contributed by atoms with van der Waals surface area (Å²) in [6, 6.07) is 0. The van der Waals surface area contributed by atoms with Crippen LogP contribution in [0.25, 0.3) is 0 Å². The summed E-state index contributed by atoms with van der Waals surface area (Å²) in [5.41, 5.74) is 2.79. The fraction of sp³-hybridized carbons (Fsp3) is 0.778. The summed E-state index contributed by atoms with van der Waals surface area (Å²) >= 11 is 0. The fourth-order valence-electron chi connectivity index (χ4n) is 1.65. The topological polar surface area (TPSA) is 70.9 Å². The Morgan fingerprint density at radius 1 is 1.64 bits per heavy atom. The van der Waals surface area contributed by atoms with E-state index in [0.29, 0.717) is 5.71 Å². The van der Waals surface area contributed by atoms with Gasteiger partial charge in [-0.25, -0.2) is 0 Å². The van der Waals surface area contributed by atoms with Gasteiger partial charge in [0.15, 0.2) is 0 Å². The number of nitrogens with zero attached hydrogens (tertiary/aromatic N) is 1. The first-order chi connectivity index (χ1) is 6.58. The average molecular weight is 200 g/mol. The van der Waals surface area contributed by atoms with Crippen molar-refractivity contribution in [1.82, 2.24) is 5.48 Å². The van der Waals surface area contributed by atoms with Crippen molar-refractivity contribution in [3.8, 4) is 0 Å². The maximum atomic E-state index is 10.6. The Hall–Kier alpha value is -1.10. The van der Waals surface area contributed by atoms with Crippen molar-refractivity contribution in [3.05, 3.63) is 0 Å². The molecule has 0 spiro atoms. The standard InChI is InChI=1S/C9H16N2O3/c1-7(12)14-11-9(2)6-4-3-5-8(9)10-13/h11,13H,3-6H2,1-2H3/b10-8-/t9-/m1/s1. The molecule has 1 atom stereocenters. The zero-order chi connectivity index (χ0) is 10.6. The van der Waals surface area contributed by atoms with Crippen LogP contribution in [-0.2, 0) is 9.63 Å². The molecule has 5 heteroatoms. The van der Waals surface area contributed by atoms with Crippen LogP contribution in [0.5, 0.6) is 0 Å². The Morgan fingerprint density at radius 3 is 2.93 bits per heavy atom. The van der Waals surface area contributed by atoms with Gasteiger partial charge >= 0.3 is 5.97 Å². The van der Waals surface area contributed by atoms with Crippen LogP contribution in [0.1, 0.15) is 39.5 Å². The van der Waals surface area contributed by atoms with Gasteiger partial charge in [-0.15, -0.1) is 5.48 Å². The van der Waals surface area contributed by atoms with Crippen molar-refractivity contribution >= 4 is 11.7 Å². The van der Waals surface area contributed by atoms with E-state index in [4.69, 9.17) is 10.0 Å². The molecule has 1 saturated carbocycles. The molecule has 0 aromatic heterocycles. The largest absolute Gasteiger partial charge is 0.411 e. The molecule has 2 N–H and O–H groups in total. The van der Waals surface area contributed by atoms with E-state index in [-0.39, 0.29) is 0 Å². The van der Waals surface area contributed by atoms with Crippen LogP contribution in [0.4, 0.5) is 0 Å². The summed E-state index contributed by atoms with van der Waals surface area (Å²) in [5, 5.41) is 12.0. The predicted octanol–water partition coefficient (Wildman–Crippen LogP) is 1.22. The highest BCUT2D eigenvalue weighted by molar-refractivity contribution is 5.93. The van der Waals surface area contributed by atoms with Crippen molar-refractivity contribution in [2.45, 2.75) is 45.1 Å². The number of carbonyl (C=O) groups is 1. The van der Waals surface area contributed by atoms with Gasteiger partial charge in [0.25, 0.3) is 0 Å². The van der Waals surface area contributed by atoms with E-state index < -0.39 is 11.5 Å². The molecule has 1 aliphatic rings. The van der Waals surface area contributed by atoms with Gasteiger partial charge in [-0.1, -0.05) is 11.6 Å². The van der Waals surface area contributed by atoms with E-state index in [2.05, 4.69) is 10.6 Å². The van der Waals surface area contributed by atoms with Crippen LogP contribution in [0.2, 0.25) is 0 Å². The molecule has 80 valence electrons. The quantitative estimate of drug-likeness (QED) is 0.519. The van der Waals surface area contributed by atoms with Gasteiger partial charge in [-0.05, 0) is 26.2 Å². The minimum atomic E-state index is -0.515. The lowest BCUT2D eigenvalue weighted by Crippen LogP contribution is -2.51. The van der Waals surface area contributed by atoms with Gasteiger partial charge in [-0.2, -0.15) is 0 Å². The van der Waals surface area contributed by atoms with Crippen LogP contribution >= 0.6 is 0 Å². The van der Waals surface area contributed by atoms with Gasteiger partial charge < -0.3 is 10.0 Å². The smallest absolute Gasteiger partial charge is 0.321 e. The maximum Gasteiger partial charge on any atom is 0.321 e. The van der Waals surface area contributed by atoms with Crippen molar-refractivity contribution in [3.63, 3.8) is 0 Å². The van der Waals surface area contributed by atoms with Crippen LogP contribution in [0, 0.1) is 0 Å². The average Bonchev–Trinajstić information content (AvgIpc) is 2.16. The predicted molar refractivity (Wildman–Crippen MR) is 51.0 cm³/mol. The second kappa shape index (κ2) is 4.41. The molecule has 0 saturated heterocycles. The molecule has 14 heavy (non-hydrogen) atoms. The van der Waals surface area contributed by atoms with E-state index in [1.54, 1.807) is 0 Å². The van der Waals surface area contributed by atoms with Gasteiger partial charge in [0.2, 0.25) is 0 Å². The molecule has 0 heterocycles. The first-order valence-corrected chi connectivity index (χ1v) is 4.74. The second-order valence-electron chi connectivity index (χ2n) is 3.78. The molecule has 1 aliphatic carbocycles. The van der Waals surface area contributed by atoms with E-state index in [9.17, 15) is 4.79 Å². The van der Waals surface area contributed by atoms with Gasteiger partial charge in [0.05, 0.1) is 11.3 Å². The van der Waals surface area contributed by atoms with E-state index in [1.807, 2.05) is 6.92 Å². The van der Waals surface area contributed by atoms with Crippen LogP contribution in [0.3, 0.4) is 0 Å². The SMILES string of the molecule is CC(=O)ON[C@]1(C)CCCC/C1=N/O. The number of hydrogen-bond acceptors (Lipinski definition) is 5. The molecule has 0 unspecified atom stereocenters. The van der Waals surface area contributed by atoms with Gasteiger partial charge in [-0.3, -0.25) is 4.79 Å². The monoisotopic (exact) mass is 200 g/mol. The van der Waals surface area contributed by atoms with E-state index in [1.165, 1.54) is 6.92 Å². The summed E-state index contributed by atoms with van der Waals surface area (Å²) in [5.74, 6) is -0.394.